The molecule has 0 spiro atoms. The Balaban J connectivity index is 1.79. The number of aliphatic hydroxyl groups excluding tert-OH is 1. The molecule has 1 amide bonds. The van der Waals surface area contributed by atoms with Gasteiger partial charge in [0.1, 0.15) is 0 Å². The van der Waals surface area contributed by atoms with Crippen molar-refractivity contribution in [2.24, 2.45) is 5.92 Å². The summed E-state index contributed by atoms with van der Waals surface area (Å²) in [5.74, 6) is 0.410. The zero-order chi connectivity index (χ0) is 13.0. The van der Waals surface area contributed by atoms with Gasteiger partial charge >= 0.3 is 0 Å². The highest BCUT2D eigenvalue weighted by molar-refractivity contribution is 5.76. The van der Waals surface area contributed by atoms with Gasteiger partial charge in [-0.2, -0.15) is 0 Å². The fraction of sp³-hybridized carbons (Fsp3) is 0.571. The largest absolute Gasteiger partial charge is 0.393 e. The molecular formula is C14H20N2O2. The summed E-state index contributed by atoms with van der Waals surface area (Å²) in [5.41, 5.74) is 0.956. The van der Waals surface area contributed by atoms with E-state index in [0.29, 0.717) is 19.4 Å². The summed E-state index contributed by atoms with van der Waals surface area (Å²) in [7, 11) is 0. The van der Waals surface area contributed by atoms with E-state index in [0.717, 1.165) is 18.7 Å². The van der Waals surface area contributed by atoms with Gasteiger partial charge in [0, 0.05) is 37.3 Å². The van der Waals surface area contributed by atoms with Gasteiger partial charge in [-0.1, -0.05) is 6.07 Å². The van der Waals surface area contributed by atoms with Crippen molar-refractivity contribution < 1.29 is 9.90 Å². The Hall–Kier alpha value is -1.42. The molecule has 1 aromatic heterocycles. The van der Waals surface area contributed by atoms with E-state index in [1.54, 1.807) is 13.1 Å². The third kappa shape index (κ3) is 3.29. The van der Waals surface area contributed by atoms with Crippen LogP contribution >= 0.6 is 0 Å². The standard InChI is InChI=1S/C14H20N2O2/c1-11(17)12-7-9-16(10-12)14(18)6-5-13-4-2-3-8-15-13/h2-4,8,11-12,17H,5-7,9-10H2,1H3. The van der Waals surface area contributed by atoms with Gasteiger partial charge in [0.15, 0.2) is 0 Å². The molecule has 0 aromatic carbocycles. The number of pyridine rings is 1. The number of hydrogen-bond donors (Lipinski definition) is 1. The predicted molar refractivity (Wildman–Crippen MR) is 68.9 cm³/mol. The van der Waals surface area contributed by atoms with Crippen molar-refractivity contribution in [2.45, 2.75) is 32.3 Å². The average molecular weight is 248 g/mol. The third-order valence-corrected chi connectivity index (χ3v) is 3.58. The normalized spacial score (nSPS) is 21.0. The number of nitrogens with zero attached hydrogens (tertiary/aromatic N) is 2. The van der Waals surface area contributed by atoms with Gasteiger partial charge in [0.2, 0.25) is 5.91 Å². The maximum atomic E-state index is 12.0. The van der Waals surface area contributed by atoms with Crippen LogP contribution in [0.1, 0.15) is 25.5 Å². The molecule has 1 saturated heterocycles. The minimum Gasteiger partial charge on any atom is -0.393 e. The van der Waals surface area contributed by atoms with Gasteiger partial charge < -0.3 is 10.0 Å². The summed E-state index contributed by atoms with van der Waals surface area (Å²) in [5, 5.41) is 9.51. The van der Waals surface area contributed by atoms with Gasteiger partial charge in [0.05, 0.1) is 6.10 Å². The van der Waals surface area contributed by atoms with Crippen LogP contribution < -0.4 is 0 Å². The molecule has 1 aliphatic rings. The average Bonchev–Trinajstić information content (AvgIpc) is 2.87. The zero-order valence-corrected chi connectivity index (χ0v) is 10.7. The van der Waals surface area contributed by atoms with E-state index < -0.39 is 0 Å². The van der Waals surface area contributed by atoms with Gasteiger partial charge in [-0.15, -0.1) is 0 Å². The van der Waals surface area contributed by atoms with E-state index in [2.05, 4.69) is 4.98 Å². The molecule has 2 atom stereocenters. The lowest BCUT2D eigenvalue weighted by Gasteiger charge is -2.17. The maximum absolute atomic E-state index is 12.0. The summed E-state index contributed by atoms with van der Waals surface area (Å²) >= 11 is 0. The van der Waals surface area contributed by atoms with Crippen LogP contribution in [0.5, 0.6) is 0 Å². The summed E-state index contributed by atoms with van der Waals surface area (Å²) in [6.45, 7) is 3.27. The van der Waals surface area contributed by atoms with E-state index in [9.17, 15) is 9.90 Å². The minimum atomic E-state index is -0.321. The van der Waals surface area contributed by atoms with Crippen LogP contribution in [0, 0.1) is 5.92 Å². The van der Waals surface area contributed by atoms with Gasteiger partial charge in [-0.25, -0.2) is 0 Å². The Morgan fingerprint density at radius 1 is 1.61 bits per heavy atom. The zero-order valence-electron chi connectivity index (χ0n) is 10.7. The highest BCUT2D eigenvalue weighted by Crippen LogP contribution is 2.20. The number of carbonyl (C=O) groups excluding carboxylic acids is 1. The number of amides is 1. The Morgan fingerprint density at radius 2 is 2.44 bits per heavy atom. The van der Waals surface area contributed by atoms with E-state index in [-0.39, 0.29) is 17.9 Å². The fourth-order valence-corrected chi connectivity index (χ4v) is 2.35. The molecule has 2 unspecified atom stereocenters. The van der Waals surface area contributed by atoms with Crippen molar-refractivity contribution in [2.75, 3.05) is 13.1 Å². The van der Waals surface area contributed by atoms with E-state index in [4.69, 9.17) is 0 Å². The first kappa shape index (κ1) is 13.0. The summed E-state index contributed by atoms with van der Waals surface area (Å²) in [6, 6.07) is 5.75. The Morgan fingerprint density at radius 3 is 3.06 bits per heavy atom. The lowest BCUT2D eigenvalue weighted by molar-refractivity contribution is -0.130. The number of aliphatic hydroxyl groups is 1. The summed E-state index contributed by atoms with van der Waals surface area (Å²) < 4.78 is 0. The first-order valence-corrected chi connectivity index (χ1v) is 6.52. The van der Waals surface area contributed by atoms with Gasteiger partial charge in [-0.05, 0) is 31.9 Å². The van der Waals surface area contributed by atoms with E-state index in [1.165, 1.54) is 0 Å². The molecule has 0 saturated carbocycles. The van der Waals surface area contributed by atoms with Crippen LogP contribution in [0.15, 0.2) is 24.4 Å². The molecule has 0 radical (unpaired) electrons. The molecule has 2 rings (SSSR count). The fourth-order valence-electron chi connectivity index (χ4n) is 2.35. The maximum Gasteiger partial charge on any atom is 0.222 e. The lowest BCUT2D eigenvalue weighted by atomic mass is 10.0. The van der Waals surface area contributed by atoms with Crippen LogP contribution in [0.4, 0.5) is 0 Å². The molecule has 1 aromatic rings. The highest BCUT2D eigenvalue weighted by atomic mass is 16.3. The van der Waals surface area contributed by atoms with Crippen molar-refractivity contribution >= 4 is 5.91 Å². The van der Waals surface area contributed by atoms with Gasteiger partial charge in [-0.3, -0.25) is 9.78 Å². The topological polar surface area (TPSA) is 53.4 Å². The number of carbonyl (C=O) groups is 1. The second-order valence-electron chi connectivity index (χ2n) is 4.95. The lowest BCUT2D eigenvalue weighted by Crippen LogP contribution is -2.30. The minimum absolute atomic E-state index is 0.170. The van der Waals surface area contributed by atoms with Crippen molar-refractivity contribution in [1.29, 1.82) is 0 Å². The smallest absolute Gasteiger partial charge is 0.222 e. The number of aromatic nitrogens is 1. The quantitative estimate of drug-likeness (QED) is 0.872. The van der Waals surface area contributed by atoms with Crippen LogP contribution in [0.2, 0.25) is 0 Å². The Kier molecular flexibility index (Phi) is 4.31. The van der Waals surface area contributed by atoms with E-state index in [1.807, 2.05) is 23.1 Å². The molecule has 0 bridgehead atoms. The van der Waals surface area contributed by atoms with Crippen molar-refractivity contribution in [3.63, 3.8) is 0 Å². The SMILES string of the molecule is CC(O)C1CCN(C(=O)CCc2ccccn2)C1. The highest BCUT2D eigenvalue weighted by Gasteiger charge is 2.28. The third-order valence-electron chi connectivity index (χ3n) is 3.58. The molecule has 1 N–H and O–H groups in total. The number of hydrogen-bond acceptors (Lipinski definition) is 3. The molecule has 1 aliphatic heterocycles. The Bertz CT molecular complexity index is 392. The van der Waals surface area contributed by atoms with Crippen LogP contribution in [0.3, 0.4) is 0 Å². The number of aryl methyl sites for hydroxylation is 1. The van der Waals surface area contributed by atoms with Crippen LogP contribution in [-0.2, 0) is 11.2 Å². The second-order valence-corrected chi connectivity index (χ2v) is 4.95. The van der Waals surface area contributed by atoms with Crippen molar-refractivity contribution in [3.05, 3.63) is 30.1 Å². The van der Waals surface area contributed by atoms with Gasteiger partial charge in [0.25, 0.3) is 0 Å². The van der Waals surface area contributed by atoms with Crippen LogP contribution in [-0.4, -0.2) is 40.1 Å². The second kappa shape index (κ2) is 5.96. The van der Waals surface area contributed by atoms with E-state index >= 15 is 0 Å². The first-order chi connectivity index (χ1) is 8.66. The number of rotatable bonds is 4. The Labute approximate surface area is 108 Å². The molecule has 18 heavy (non-hydrogen) atoms. The van der Waals surface area contributed by atoms with Crippen LogP contribution in [0.25, 0.3) is 0 Å². The molecule has 98 valence electrons. The molecule has 1 fully saturated rings. The molecule has 4 nitrogen and oxygen atoms in total. The molecular weight excluding hydrogens is 228 g/mol. The molecule has 4 heteroatoms. The number of likely N-dealkylation sites (tertiary alicyclic amines) is 1. The first-order valence-electron chi connectivity index (χ1n) is 6.52. The summed E-state index contributed by atoms with van der Waals surface area (Å²) in [6.07, 6.45) is 3.53. The monoisotopic (exact) mass is 248 g/mol. The predicted octanol–water partition coefficient (Wildman–Crippen LogP) is 1.24. The molecule has 0 aliphatic carbocycles. The summed E-state index contributed by atoms with van der Waals surface area (Å²) in [4.78, 5) is 18.1. The molecule has 2 heterocycles. The van der Waals surface area contributed by atoms with Crippen molar-refractivity contribution in [1.82, 2.24) is 9.88 Å². The van der Waals surface area contributed by atoms with Crippen molar-refractivity contribution in [3.8, 4) is 0 Å².